The topological polar surface area (TPSA) is 69.2 Å². The van der Waals surface area contributed by atoms with E-state index in [4.69, 9.17) is 9.73 Å². The van der Waals surface area contributed by atoms with Crippen LogP contribution in [0.5, 0.6) is 11.5 Å². The van der Waals surface area contributed by atoms with Crippen molar-refractivity contribution in [3.63, 3.8) is 0 Å². The molecule has 0 fully saturated rings. The van der Waals surface area contributed by atoms with Gasteiger partial charge in [-0.3, -0.25) is 0 Å². The largest absolute Gasteiger partial charge is 0.462 e. The Kier molecular flexibility index (Phi) is 8.25. The van der Waals surface area contributed by atoms with Crippen molar-refractivity contribution in [2.75, 3.05) is 6.61 Å². The Balaban J connectivity index is 1.71. The molecule has 0 aliphatic carbocycles. The van der Waals surface area contributed by atoms with Crippen LogP contribution in [0.25, 0.3) is 0 Å². The fourth-order valence-corrected chi connectivity index (χ4v) is 4.84. The predicted octanol–water partition coefficient (Wildman–Crippen LogP) is 6.43. The van der Waals surface area contributed by atoms with Crippen LogP contribution in [0.3, 0.4) is 0 Å². The standard InChI is InChI=1S/C27H23BrF4N2O4/c1-15-10-19(37-24(29)30)6-8-21(15)23(13-35)33-26-34-27(14-36-26,17-4-3-5-18(28)12-17)22-9-7-20(11-16(22)2)38-25(31)32/h3-13,23-25H,14H2,1-2H3,(H,33,34). The van der Waals surface area contributed by atoms with Crippen molar-refractivity contribution in [1.29, 1.82) is 0 Å². The first kappa shape index (κ1) is 27.4. The first-order chi connectivity index (χ1) is 18.1. The molecular weight excluding hydrogens is 572 g/mol. The molecule has 0 radical (unpaired) electrons. The van der Waals surface area contributed by atoms with Crippen LogP contribution < -0.4 is 14.8 Å². The predicted molar refractivity (Wildman–Crippen MR) is 136 cm³/mol. The number of nitrogens with zero attached hydrogens (tertiary/aromatic N) is 1. The van der Waals surface area contributed by atoms with Gasteiger partial charge in [0, 0.05) is 4.47 Å². The van der Waals surface area contributed by atoms with Crippen LogP contribution in [0, 0.1) is 13.8 Å². The van der Waals surface area contributed by atoms with Gasteiger partial charge in [-0.2, -0.15) is 17.6 Å². The first-order valence-corrected chi connectivity index (χ1v) is 12.2. The molecule has 1 aliphatic rings. The normalized spacial score (nSPS) is 17.7. The summed E-state index contributed by atoms with van der Waals surface area (Å²) in [6.07, 6.45) is 0.655. The monoisotopic (exact) mass is 594 g/mol. The van der Waals surface area contributed by atoms with Crippen LogP contribution in [0.1, 0.15) is 33.9 Å². The van der Waals surface area contributed by atoms with E-state index in [9.17, 15) is 22.4 Å². The summed E-state index contributed by atoms with van der Waals surface area (Å²) in [4.78, 5) is 16.9. The minimum Gasteiger partial charge on any atom is -0.462 e. The molecule has 1 N–H and O–H groups in total. The van der Waals surface area contributed by atoms with E-state index in [2.05, 4.69) is 30.7 Å². The van der Waals surface area contributed by atoms with Gasteiger partial charge in [-0.1, -0.05) is 40.2 Å². The molecule has 38 heavy (non-hydrogen) atoms. The molecule has 11 heteroatoms. The molecule has 6 nitrogen and oxygen atoms in total. The zero-order valence-corrected chi connectivity index (χ0v) is 21.8. The van der Waals surface area contributed by atoms with Crippen LogP contribution in [0.2, 0.25) is 0 Å². The van der Waals surface area contributed by atoms with E-state index in [0.29, 0.717) is 28.5 Å². The SMILES string of the molecule is Cc1cc(OC(F)F)ccc1C(C=O)NC1=NC(c2cccc(Br)c2)(c2ccc(OC(F)F)cc2C)CO1. The summed E-state index contributed by atoms with van der Waals surface area (Å²) in [5.74, 6) is -0.00795. The number of carbonyl (C=O) groups excluding carboxylic acids is 1. The number of amidine groups is 1. The molecule has 3 aromatic carbocycles. The Morgan fingerprint density at radius 2 is 1.63 bits per heavy atom. The lowest BCUT2D eigenvalue weighted by Gasteiger charge is -2.27. The summed E-state index contributed by atoms with van der Waals surface area (Å²) >= 11 is 3.48. The van der Waals surface area contributed by atoms with Gasteiger partial charge < -0.3 is 24.3 Å². The van der Waals surface area contributed by atoms with Crippen LogP contribution >= 0.6 is 15.9 Å². The van der Waals surface area contributed by atoms with Crippen molar-refractivity contribution >= 4 is 28.2 Å². The second kappa shape index (κ2) is 11.4. The van der Waals surface area contributed by atoms with Gasteiger partial charge in [0.05, 0.1) is 0 Å². The Morgan fingerprint density at radius 1 is 0.974 bits per heavy atom. The van der Waals surface area contributed by atoms with Crippen LogP contribution in [-0.2, 0) is 15.1 Å². The minimum atomic E-state index is -2.97. The van der Waals surface area contributed by atoms with Gasteiger partial charge >= 0.3 is 13.2 Å². The molecule has 0 aromatic heterocycles. The highest BCUT2D eigenvalue weighted by molar-refractivity contribution is 9.10. The van der Waals surface area contributed by atoms with E-state index in [1.54, 1.807) is 19.9 Å². The number of hydrogen-bond donors (Lipinski definition) is 1. The Morgan fingerprint density at radius 3 is 2.21 bits per heavy atom. The molecule has 1 heterocycles. The second-order valence-electron chi connectivity index (χ2n) is 8.59. The Bertz CT molecular complexity index is 1350. The molecule has 4 rings (SSSR count). The highest BCUT2D eigenvalue weighted by Crippen LogP contribution is 2.41. The van der Waals surface area contributed by atoms with E-state index < -0.39 is 24.8 Å². The number of rotatable bonds is 9. The molecule has 0 bridgehead atoms. The molecule has 3 aromatic rings. The number of benzene rings is 3. The van der Waals surface area contributed by atoms with E-state index >= 15 is 0 Å². The number of aldehydes is 1. The number of aryl methyl sites for hydroxylation is 2. The van der Waals surface area contributed by atoms with Crippen molar-refractivity contribution in [2.45, 2.75) is 38.7 Å². The third-order valence-electron chi connectivity index (χ3n) is 6.10. The second-order valence-corrected chi connectivity index (χ2v) is 9.50. The molecule has 0 spiro atoms. The zero-order chi connectivity index (χ0) is 27.4. The fourth-order valence-electron chi connectivity index (χ4n) is 4.44. The highest BCUT2D eigenvalue weighted by atomic mass is 79.9. The molecular formula is C27H23BrF4N2O4. The van der Waals surface area contributed by atoms with Gasteiger partial charge in [0.15, 0.2) is 5.54 Å². The third kappa shape index (κ3) is 5.93. The zero-order valence-electron chi connectivity index (χ0n) is 20.3. The number of hydrogen-bond acceptors (Lipinski definition) is 6. The molecule has 2 unspecified atom stereocenters. The van der Waals surface area contributed by atoms with Crippen molar-refractivity contribution in [1.82, 2.24) is 5.32 Å². The fraction of sp³-hybridized carbons (Fsp3) is 0.259. The Hall–Kier alpha value is -3.60. The summed E-state index contributed by atoms with van der Waals surface area (Å²) in [5.41, 5.74) is 2.13. The molecule has 200 valence electrons. The van der Waals surface area contributed by atoms with E-state index in [-0.39, 0.29) is 24.1 Å². The quantitative estimate of drug-likeness (QED) is 0.228. The number of ether oxygens (including phenoxy) is 3. The molecule has 2 atom stereocenters. The summed E-state index contributed by atoms with van der Waals surface area (Å²) in [6, 6.07) is 15.5. The highest BCUT2D eigenvalue weighted by Gasteiger charge is 2.42. The smallest absolute Gasteiger partial charge is 0.387 e. The average molecular weight is 595 g/mol. The lowest BCUT2D eigenvalue weighted by atomic mass is 9.82. The van der Waals surface area contributed by atoms with Gasteiger partial charge in [0.1, 0.15) is 30.4 Å². The van der Waals surface area contributed by atoms with E-state index in [1.165, 1.54) is 30.3 Å². The van der Waals surface area contributed by atoms with Crippen molar-refractivity contribution in [3.8, 4) is 11.5 Å². The third-order valence-corrected chi connectivity index (χ3v) is 6.59. The van der Waals surface area contributed by atoms with Gasteiger partial charge in [-0.05, 0) is 78.1 Å². The number of alkyl halides is 4. The van der Waals surface area contributed by atoms with Gasteiger partial charge in [0.25, 0.3) is 6.02 Å². The average Bonchev–Trinajstić information content (AvgIpc) is 3.27. The van der Waals surface area contributed by atoms with Crippen LogP contribution in [0.4, 0.5) is 17.6 Å². The van der Waals surface area contributed by atoms with Crippen LogP contribution in [0.15, 0.2) is 70.1 Å². The maximum absolute atomic E-state index is 12.7. The van der Waals surface area contributed by atoms with Crippen molar-refractivity contribution in [3.05, 3.63) is 93.0 Å². The van der Waals surface area contributed by atoms with Crippen LogP contribution in [-0.4, -0.2) is 32.1 Å². The number of aliphatic imine (C=N–C) groups is 1. The maximum atomic E-state index is 12.7. The minimum absolute atomic E-state index is 0.0163. The molecule has 1 aliphatic heterocycles. The Labute approximate surface area is 224 Å². The molecule has 0 saturated heterocycles. The lowest BCUT2D eigenvalue weighted by Crippen LogP contribution is -2.30. The van der Waals surface area contributed by atoms with Gasteiger partial charge in [0.2, 0.25) is 0 Å². The van der Waals surface area contributed by atoms with Gasteiger partial charge in [-0.15, -0.1) is 0 Å². The molecule has 0 saturated carbocycles. The number of halogens is 5. The van der Waals surface area contributed by atoms with E-state index in [1.807, 2.05) is 24.3 Å². The maximum Gasteiger partial charge on any atom is 0.387 e. The number of nitrogens with one attached hydrogen (secondary N) is 1. The summed E-state index contributed by atoms with van der Waals surface area (Å²) in [5, 5.41) is 2.98. The summed E-state index contributed by atoms with van der Waals surface area (Å²) < 4.78 is 66.3. The van der Waals surface area contributed by atoms with Crippen molar-refractivity contribution < 1.29 is 36.6 Å². The first-order valence-electron chi connectivity index (χ1n) is 11.4. The summed E-state index contributed by atoms with van der Waals surface area (Å²) in [6.45, 7) is -2.43. The van der Waals surface area contributed by atoms with Crippen molar-refractivity contribution in [2.24, 2.45) is 4.99 Å². The van der Waals surface area contributed by atoms with Gasteiger partial charge in [-0.25, -0.2) is 4.99 Å². The molecule has 0 amide bonds. The summed E-state index contributed by atoms with van der Waals surface area (Å²) in [7, 11) is 0. The number of carbonyl (C=O) groups is 1. The lowest BCUT2D eigenvalue weighted by molar-refractivity contribution is -0.109. The van der Waals surface area contributed by atoms with E-state index in [0.717, 1.165) is 10.0 Å².